The van der Waals surface area contributed by atoms with Crippen molar-refractivity contribution in [3.8, 4) is 0 Å². The summed E-state index contributed by atoms with van der Waals surface area (Å²) in [5, 5.41) is 0.971. The Labute approximate surface area is 215 Å². The van der Waals surface area contributed by atoms with E-state index in [4.69, 9.17) is 26.5 Å². The van der Waals surface area contributed by atoms with Crippen molar-refractivity contribution >= 4 is 27.3 Å². The van der Waals surface area contributed by atoms with Crippen molar-refractivity contribution in [1.29, 1.82) is 0 Å². The maximum absolute atomic E-state index is 13.0. The lowest BCUT2D eigenvalue weighted by Gasteiger charge is -2.51. The van der Waals surface area contributed by atoms with Crippen LogP contribution in [0, 0.1) is 23.2 Å². The molecule has 0 aliphatic heterocycles. The minimum Gasteiger partial charge on any atom is -0.469 e. The van der Waals surface area contributed by atoms with E-state index in [1.54, 1.807) is 0 Å². The van der Waals surface area contributed by atoms with Gasteiger partial charge in [-0.2, -0.15) is 0 Å². The Hall–Kier alpha value is -0.883. The van der Waals surface area contributed by atoms with Crippen LogP contribution in [0.15, 0.2) is 18.2 Å². The average Bonchev–Trinajstić information content (AvgIpc) is 2.65. The minimum absolute atomic E-state index is 0.158. The normalized spacial score (nSPS) is 22.4. The standard InChI is InChI=1S/C28H48ClNO3Si/c1-25(2,3)14-13-18-11-12-20(17-22(18)29)28(9,30)23(24(31)32-10)19-15-21(16-19)27(7,8)33-34-26(4,5)6/h11-12,17,19,21,23H,13-16,30,34H2,1-10H3/t19?,21?,23-,28?/m0/s1. The molecule has 0 radical (unpaired) electrons. The predicted molar refractivity (Wildman–Crippen MR) is 146 cm³/mol. The molecule has 4 nitrogen and oxygen atoms in total. The van der Waals surface area contributed by atoms with Gasteiger partial charge in [-0.15, -0.1) is 0 Å². The number of benzene rings is 1. The second-order valence-corrected chi connectivity index (χ2v) is 16.6. The van der Waals surface area contributed by atoms with E-state index in [0.717, 1.165) is 41.8 Å². The van der Waals surface area contributed by atoms with Crippen LogP contribution in [0.5, 0.6) is 0 Å². The van der Waals surface area contributed by atoms with Gasteiger partial charge in [-0.25, -0.2) is 0 Å². The van der Waals surface area contributed by atoms with E-state index in [9.17, 15) is 4.79 Å². The van der Waals surface area contributed by atoms with Crippen LogP contribution in [0.3, 0.4) is 0 Å². The molecule has 2 N–H and O–H groups in total. The molecule has 0 saturated heterocycles. The number of carbonyl (C=O) groups is 1. The summed E-state index contributed by atoms with van der Waals surface area (Å²) in [7, 11) is 0.799. The Kier molecular flexibility index (Phi) is 9.17. The van der Waals surface area contributed by atoms with Gasteiger partial charge in [0, 0.05) is 5.02 Å². The van der Waals surface area contributed by atoms with Crippen molar-refractivity contribution in [2.24, 2.45) is 28.9 Å². The highest BCUT2D eigenvalue weighted by molar-refractivity contribution is 6.32. The van der Waals surface area contributed by atoms with Crippen LogP contribution in [-0.2, 0) is 25.9 Å². The largest absolute Gasteiger partial charge is 0.469 e. The van der Waals surface area contributed by atoms with Gasteiger partial charge in [0.25, 0.3) is 0 Å². The fraction of sp³-hybridized carbons (Fsp3) is 0.750. The SMILES string of the molecule is COC(=O)[C@H](C1CC(C(C)(C)O[SiH2]C(C)(C)C)C1)C(C)(N)c1ccc(CCC(C)(C)C)c(Cl)c1. The van der Waals surface area contributed by atoms with Crippen molar-refractivity contribution in [2.45, 2.75) is 104 Å². The van der Waals surface area contributed by atoms with Crippen molar-refractivity contribution in [1.82, 2.24) is 0 Å². The van der Waals surface area contributed by atoms with Gasteiger partial charge in [0.2, 0.25) is 0 Å². The molecule has 0 amide bonds. The minimum atomic E-state index is -0.875. The first-order valence-corrected chi connectivity index (χ1v) is 14.3. The number of hydrogen-bond acceptors (Lipinski definition) is 4. The summed E-state index contributed by atoms with van der Waals surface area (Å²) in [6.45, 7) is 19.7. The first-order valence-electron chi connectivity index (χ1n) is 12.7. The van der Waals surface area contributed by atoms with Gasteiger partial charge in [-0.05, 0) is 85.9 Å². The Bertz CT molecular complexity index is 848. The summed E-state index contributed by atoms with van der Waals surface area (Å²) in [6, 6.07) is 6.06. The number of methoxy groups -OCH3 is 1. The van der Waals surface area contributed by atoms with E-state index in [2.05, 4.69) is 61.5 Å². The maximum Gasteiger partial charge on any atom is 0.311 e. The molecular weight excluding hydrogens is 462 g/mol. The van der Waals surface area contributed by atoms with E-state index in [-0.39, 0.29) is 27.9 Å². The molecule has 0 spiro atoms. The van der Waals surface area contributed by atoms with Gasteiger partial charge >= 0.3 is 5.97 Å². The van der Waals surface area contributed by atoms with E-state index >= 15 is 0 Å². The van der Waals surface area contributed by atoms with Crippen molar-refractivity contribution in [3.05, 3.63) is 34.3 Å². The summed E-state index contributed by atoms with van der Waals surface area (Å²) in [4.78, 5) is 13.0. The molecular formula is C28H48ClNO3Si. The Morgan fingerprint density at radius 3 is 2.18 bits per heavy atom. The van der Waals surface area contributed by atoms with Crippen LogP contribution in [0.2, 0.25) is 10.1 Å². The third kappa shape index (κ3) is 7.56. The smallest absolute Gasteiger partial charge is 0.311 e. The quantitative estimate of drug-likeness (QED) is 0.309. The van der Waals surface area contributed by atoms with Crippen molar-refractivity contribution in [3.63, 3.8) is 0 Å². The molecule has 1 aliphatic rings. The average molecular weight is 510 g/mol. The van der Waals surface area contributed by atoms with Crippen molar-refractivity contribution in [2.75, 3.05) is 7.11 Å². The second kappa shape index (κ2) is 10.6. The molecule has 1 aromatic rings. The summed E-state index contributed by atoms with van der Waals surface area (Å²) < 4.78 is 11.7. The Balaban J connectivity index is 2.19. The number of nitrogens with two attached hydrogens (primary N) is 1. The number of halogens is 1. The van der Waals surface area contributed by atoms with Crippen molar-refractivity contribution < 1.29 is 14.0 Å². The summed E-state index contributed by atoms with van der Waals surface area (Å²) >= 11 is 6.68. The number of ether oxygens (including phenoxy) is 1. The first-order chi connectivity index (χ1) is 15.4. The number of rotatable bonds is 9. The third-order valence-corrected chi connectivity index (χ3v) is 9.53. The van der Waals surface area contributed by atoms with E-state index in [1.165, 1.54) is 7.11 Å². The van der Waals surface area contributed by atoms with Crippen LogP contribution in [0.1, 0.15) is 92.7 Å². The molecule has 6 heteroatoms. The van der Waals surface area contributed by atoms with Gasteiger partial charge in [-0.1, -0.05) is 65.3 Å². The predicted octanol–water partition coefficient (Wildman–Crippen LogP) is 6.41. The topological polar surface area (TPSA) is 61.5 Å². The number of esters is 1. The molecule has 0 heterocycles. The zero-order valence-corrected chi connectivity index (χ0v) is 25.3. The molecule has 0 bridgehead atoms. The third-order valence-electron chi connectivity index (χ3n) is 7.43. The number of carbonyl (C=O) groups excluding carboxylic acids is 1. The lowest BCUT2D eigenvalue weighted by atomic mass is 9.58. The van der Waals surface area contributed by atoms with Gasteiger partial charge in [0.15, 0.2) is 9.76 Å². The van der Waals surface area contributed by atoms with Gasteiger partial charge in [0.05, 0.1) is 24.2 Å². The van der Waals surface area contributed by atoms with Gasteiger partial charge in [0.1, 0.15) is 0 Å². The molecule has 1 unspecified atom stereocenters. The Morgan fingerprint density at radius 2 is 1.71 bits per heavy atom. The summed E-state index contributed by atoms with van der Waals surface area (Å²) in [5.41, 5.74) is 8.11. The van der Waals surface area contributed by atoms with Crippen LogP contribution < -0.4 is 5.73 Å². The highest BCUT2D eigenvalue weighted by atomic mass is 35.5. The monoisotopic (exact) mass is 509 g/mol. The Morgan fingerprint density at radius 1 is 1.12 bits per heavy atom. The zero-order valence-electron chi connectivity index (χ0n) is 23.2. The molecule has 0 aromatic heterocycles. The lowest BCUT2D eigenvalue weighted by Crippen LogP contribution is -2.55. The molecule has 1 aromatic carbocycles. The molecule has 1 fully saturated rings. The number of hydrogen-bond donors (Lipinski definition) is 1. The molecule has 34 heavy (non-hydrogen) atoms. The molecule has 2 atom stereocenters. The van der Waals surface area contributed by atoms with E-state index < -0.39 is 21.2 Å². The molecule has 2 rings (SSSR count). The van der Waals surface area contributed by atoms with Crippen LogP contribution >= 0.6 is 11.6 Å². The highest BCUT2D eigenvalue weighted by Crippen LogP contribution is 2.50. The molecule has 194 valence electrons. The van der Waals surface area contributed by atoms with Crippen LogP contribution in [0.25, 0.3) is 0 Å². The van der Waals surface area contributed by atoms with Crippen LogP contribution in [0.4, 0.5) is 0 Å². The zero-order chi connectivity index (χ0) is 26.1. The van der Waals surface area contributed by atoms with Gasteiger partial charge < -0.3 is 14.9 Å². The van der Waals surface area contributed by atoms with E-state index in [1.807, 2.05) is 19.1 Å². The second-order valence-electron chi connectivity index (χ2n) is 13.5. The molecule has 1 saturated carbocycles. The van der Waals surface area contributed by atoms with E-state index in [0.29, 0.717) is 5.92 Å². The van der Waals surface area contributed by atoms with Crippen LogP contribution in [-0.4, -0.2) is 28.4 Å². The van der Waals surface area contributed by atoms with Gasteiger partial charge in [-0.3, -0.25) is 4.79 Å². The first kappa shape index (κ1) is 29.3. The highest BCUT2D eigenvalue weighted by Gasteiger charge is 2.51. The fourth-order valence-corrected chi connectivity index (χ4v) is 6.17. The lowest BCUT2D eigenvalue weighted by molar-refractivity contribution is -0.155. The fourth-order valence-electron chi connectivity index (χ4n) is 4.85. The molecule has 1 aliphatic carbocycles. The summed E-state index contributed by atoms with van der Waals surface area (Å²) in [6.07, 6.45) is 3.79. The number of aryl methyl sites for hydroxylation is 1. The summed E-state index contributed by atoms with van der Waals surface area (Å²) in [5.74, 6) is -0.102. The maximum atomic E-state index is 13.0.